The maximum atomic E-state index is 13.0. The van der Waals surface area contributed by atoms with Gasteiger partial charge in [-0.25, -0.2) is 9.69 Å². The molecular formula is C26H18Cl3N3O5. The van der Waals surface area contributed by atoms with Crippen molar-refractivity contribution in [3.63, 3.8) is 0 Å². The molecule has 0 aliphatic carbocycles. The molecule has 0 radical (unpaired) electrons. The molecule has 0 atom stereocenters. The van der Waals surface area contributed by atoms with Crippen molar-refractivity contribution in [2.75, 3.05) is 16.8 Å². The summed E-state index contributed by atoms with van der Waals surface area (Å²) in [5.74, 6) is -2.07. The van der Waals surface area contributed by atoms with Crippen molar-refractivity contribution >= 4 is 76.0 Å². The predicted molar refractivity (Wildman–Crippen MR) is 142 cm³/mol. The van der Waals surface area contributed by atoms with Crippen LogP contribution in [0.3, 0.4) is 0 Å². The maximum absolute atomic E-state index is 13.0. The number of carbonyl (C=O) groups is 4. The van der Waals surface area contributed by atoms with Crippen LogP contribution < -0.4 is 20.3 Å². The Morgan fingerprint density at radius 1 is 0.973 bits per heavy atom. The molecule has 0 spiro atoms. The van der Waals surface area contributed by atoms with Crippen LogP contribution in [0.1, 0.15) is 11.1 Å². The minimum Gasteiger partial charge on any atom is -0.481 e. The van der Waals surface area contributed by atoms with E-state index < -0.39 is 23.8 Å². The average molecular weight is 559 g/mol. The number of aryl methyl sites for hydroxylation is 1. The van der Waals surface area contributed by atoms with Gasteiger partial charge >= 0.3 is 6.03 Å². The molecular weight excluding hydrogens is 541 g/mol. The molecule has 0 saturated carbocycles. The zero-order chi connectivity index (χ0) is 26.7. The molecule has 0 bridgehead atoms. The van der Waals surface area contributed by atoms with E-state index in [0.717, 1.165) is 10.5 Å². The molecule has 188 valence electrons. The number of halogens is 3. The summed E-state index contributed by atoms with van der Waals surface area (Å²) in [6.45, 7) is 1.58. The number of imide groups is 2. The van der Waals surface area contributed by atoms with Gasteiger partial charge in [0.15, 0.2) is 12.4 Å². The lowest BCUT2D eigenvalue weighted by molar-refractivity contribution is -0.122. The number of carbonyl (C=O) groups excluding carboxylic acids is 4. The number of benzene rings is 3. The van der Waals surface area contributed by atoms with Gasteiger partial charge in [-0.2, -0.15) is 0 Å². The molecule has 8 nitrogen and oxygen atoms in total. The van der Waals surface area contributed by atoms with Crippen LogP contribution >= 0.6 is 34.8 Å². The molecule has 0 unspecified atom stereocenters. The van der Waals surface area contributed by atoms with Gasteiger partial charge in [-0.3, -0.25) is 19.7 Å². The Labute approximate surface area is 226 Å². The van der Waals surface area contributed by atoms with Crippen LogP contribution in [0.4, 0.5) is 16.2 Å². The topological polar surface area (TPSA) is 105 Å². The van der Waals surface area contributed by atoms with Crippen LogP contribution in [-0.2, 0) is 14.4 Å². The Bertz CT molecular complexity index is 1410. The van der Waals surface area contributed by atoms with Crippen molar-refractivity contribution in [1.82, 2.24) is 5.32 Å². The van der Waals surface area contributed by atoms with Gasteiger partial charge in [0.05, 0.1) is 15.7 Å². The summed E-state index contributed by atoms with van der Waals surface area (Å²) in [6, 6.07) is 15.2. The average Bonchev–Trinajstić information content (AvgIpc) is 2.84. The fourth-order valence-electron chi connectivity index (χ4n) is 3.42. The van der Waals surface area contributed by atoms with Crippen LogP contribution in [0.5, 0.6) is 5.75 Å². The smallest absolute Gasteiger partial charge is 0.335 e. The number of barbiturate groups is 1. The first kappa shape index (κ1) is 26.2. The number of hydrogen-bond acceptors (Lipinski definition) is 5. The first-order valence-corrected chi connectivity index (χ1v) is 11.9. The Morgan fingerprint density at radius 2 is 1.59 bits per heavy atom. The van der Waals surface area contributed by atoms with Gasteiger partial charge < -0.3 is 10.1 Å². The van der Waals surface area contributed by atoms with Crippen LogP contribution in [0.15, 0.2) is 66.2 Å². The molecule has 1 saturated heterocycles. The molecule has 37 heavy (non-hydrogen) atoms. The van der Waals surface area contributed by atoms with Crippen molar-refractivity contribution in [3.8, 4) is 5.75 Å². The first-order chi connectivity index (χ1) is 17.6. The Balaban J connectivity index is 1.51. The first-order valence-electron chi connectivity index (χ1n) is 10.8. The summed E-state index contributed by atoms with van der Waals surface area (Å²) in [5, 5.41) is 5.35. The van der Waals surface area contributed by atoms with Gasteiger partial charge in [0.2, 0.25) is 0 Å². The second-order valence-corrected chi connectivity index (χ2v) is 9.20. The number of rotatable bonds is 6. The van der Waals surface area contributed by atoms with E-state index in [1.165, 1.54) is 42.5 Å². The Morgan fingerprint density at radius 3 is 2.22 bits per heavy atom. The normalized spacial score (nSPS) is 14.5. The largest absolute Gasteiger partial charge is 0.481 e. The second-order valence-electron chi connectivity index (χ2n) is 7.95. The van der Waals surface area contributed by atoms with Gasteiger partial charge in [-0.05, 0) is 67.1 Å². The number of nitrogens with one attached hydrogen (secondary N) is 2. The Kier molecular flexibility index (Phi) is 7.83. The third kappa shape index (κ3) is 6.11. The fourth-order valence-corrected chi connectivity index (χ4v) is 4.16. The van der Waals surface area contributed by atoms with E-state index in [4.69, 9.17) is 39.5 Å². The molecule has 1 aliphatic rings. The minimum atomic E-state index is -0.891. The van der Waals surface area contributed by atoms with Crippen LogP contribution in [0.25, 0.3) is 6.08 Å². The summed E-state index contributed by atoms with van der Waals surface area (Å²) < 4.78 is 5.50. The van der Waals surface area contributed by atoms with Crippen molar-refractivity contribution in [3.05, 3.63) is 92.4 Å². The van der Waals surface area contributed by atoms with E-state index >= 15 is 0 Å². The lowest BCUT2D eigenvalue weighted by atomic mass is 10.1. The molecule has 11 heteroatoms. The summed E-state index contributed by atoms with van der Waals surface area (Å²) in [5.41, 5.74) is 1.89. The quantitative estimate of drug-likeness (QED) is 0.301. The predicted octanol–water partition coefficient (Wildman–Crippen LogP) is 5.64. The molecule has 1 fully saturated rings. The standard InChI is InChI=1S/C26H18Cl3N3O5/c1-14-2-6-17(7-3-14)30-22(33)13-37-23-20(28)11-15(12-21(23)29)10-19-24(34)31-26(36)32(25(19)35)18-8-4-16(27)5-9-18/h2-12H,13H2,1H3,(H,30,33)(H,31,34,36)/b19-10+. The summed E-state index contributed by atoms with van der Waals surface area (Å²) in [4.78, 5) is 50.8. The fraction of sp³-hybridized carbons (Fsp3) is 0.0769. The zero-order valence-corrected chi connectivity index (χ0v) is 21.4. The molecule has 1 heterocycles. The number of amides is 5. The third-order valence-corrected chi connectivity index (χ3v) is 6.01. The minimum absolute atomic E-state index is 0.0526. The number of anilines is 2. The third-order valence-electron chi connectivity index (χ3n) is 5.20. The molecule has 0 aromatic heterocycles. The highest BCUT2D eigenvalue weighted by molar-refractivity contribution is 6.40. The molecule has 3 aromatic rings. The van der Waals surface area contributed by atoms with Gasteiger partial charge in [-0.1, -0.05) is 52.5 Å². The van der Waals surface area contributed by atoms with Crippen molar-refractivity contribution < 1.29 is 23.9 Å². The van der Waals surface area contributed by atoms with Gasteiger partial charge in [0, 0.05) is 10.7 Å². The number of hydrogen-bond donors (Lipinski definition) is 2. The van der Waals surface area contributed by atoms with Crippen molar-refractivity contribution in [2.24, 2.45) is 0 Å². The Hall–Kier alpha value is -3.85. The summed E-state index contributed by atoms with van der Waals surface area (Å²) in [7, 11) is 0. The zero-order valence-electron chi connectivity index (χ0n) is 19.2. The monoisotopic (exact) mass is 557 g/mol. The van der Waals surface area contributed by atoms with Crippen LogP contribution in [0, 0.1) is 6.92 Å². The van der Waals surface area contributed by atoms with Gasteiger partial charge in [0.1, 0.15) is 5.57 Å². The van der Waals surface area contributed by atoms with E-state index in [1.54, 1.807) is 12.1 Å². The van der Waals surface area contributed by atoms with Gasteiger partial charge in [-0.15, -0.1) is 0 Å². The molecule has 2 N–H and O–H groups in total. The highest BCUT2D eigenvalue weighted by atomic mass is 35.5. The van der Waals surface area contributed by atoms with E-state index in [-0.39, 0.29) is 33.7 Å². The lowest BCUT2D eigenvalue weighted by Gasteiger charge is -2.26. The van der Waals surface area contributed by atoms with Crippen LogP contribution in [0.2, 0.25) is 15.1 Å². The second kappa shape index (κ2) is 11.0. The van der Waals surface area contributed by atoms with Crippen LogP contribution in [-0.4, -0.2) is 30.4 Å². The number of nitrogens with zero attached hydrogens (tertiary/aromatic N) is 1. The highest BCUT2D eigenvalue weighted by Gasteiger charge is 2.36. The van der Waals surface area contributed by atoms with E-state index in [0.29, 0.717) is 16.3 Å². The SMILES string of the molecule is Cc1ccc(NC(=O)COc2c(Cl)cc(/C=C3\C(=O)NC(=O)N(c4ccc(Cl)cc4)C3=O)cc2Cl)cc1. The van der Waals surface area contributed by atoms with Gasteiger partial charge in [0.25, 0.3) is 17.7 Å². The van der Waals surface area contributed by atoms with Crippen molar-refractivity contribution in [2.45, 2.75) is 6.92 Å². The van der Waals surface area contributed by atoms with E-state index in [9.17, 15) is 19.2 Å². The maximum Gasteiger partial charge on any atom is 0.335 e. The van der Waals surface area contributed by atoms with E-state index in [2.05, 4.69) is 10.6 Å². The van der Waals surface area contributed by atoms with E-state index in [1.807, 2.05) is 19.1 Å². The number of ether oxygens (including phenoxy) is 1. The molecule has 1 aliphatic heterocycles. The highest BCUT2D eigenvalue weighted by Crippen LogP contribution is 2.35. The molecule has 4 rings (SSSR count). The number of urea groups is 1. The summed E-state index contributed by atoms with van der Waals surface area (Å²) >= 11 is 18.5. The summed E-state index contributed by atoms with van der Waals surface area (Å²) in [6.07, 6.45) is 1.25. The lowest BCUT2D eigenvalue weighted by Crippen LogP contribution is -2.54. The molecule has 3 aromatic carbocycles. The van der Waals surface area contributed by atoms with Crippen molar-refractivity contribution in [1.29, 1.82) is 0 Å². The molecule has 5 amide bonds.